The van der Waals surface area contributed by atoms with Gasteiger partial charge >= 0.3 is 0 Å². The van der Waals surface area contributed by atoms with Crippen LogP contribution in [0.1, 0.15) is 23.2 Å². The molecule has 5 nitrogen and oxygen atoms in total. The predicted octanol–water partition coefficient (Wildman–Crippen LogP) is 3.69. The molecule has 3 aromatic rings. The first kappa shape index (κ1) is 17.4. The standard InChI is InChI=1S/C20H27N5/c1-14-8-6-9-17(12-14)19-16(3)20-22-15(2)13-18(25(20)23-19)21-10-7-11-24(4)5/h6,8-9,12-13,21H,7,10-11H2,1-5H3. The van der Waals surface area contributed by atoms with E-state index in [-0.39, 0.29) is 0 Å². The molecule has 0 atom stereocenters. The third-order valence-corrected chi connectivity index (χ3v) is 4.33. The summed E-state index contributed by atoms with van der Waals surface area (Å²) in [7, 11) is 4.19. The highest BCUT2D eigenvalue weighted by Crippen LogP contribution is 2.27. The maximum Gasteiger partial charge on any atom is 0.161 e. The van der Waals surface area contributed by atoms with Gasteiger partial charge in [-0.3, -0.25) is 0 Å². The zero-order valence-electron chi connectivity index (χ0n) is 15.8. The Morgan fingerprint density at radius 2 is 1.92 bits per heavy atom. The molecular formula is C20H27N5. The fourth-order valence-corrected chi connectivity index (χ4v) is 3.05. The summed E-state index contributed by atoms with van der Waals surface area (Å²) in [5.74, 6) is 1.00. The number of fused-ring (bicyclic) bond motifs is 1. The van der Waals surface area contributed by atoms with E-state index in [1.54, 1.807) is 0 Å². The Kier molecular flexibility index (Phi) is 5.04. The number of aromatic nitrogens is 3. The van der Waals surface area contributed by atoms with Crippen LogP contribution in [-0.4, -0.2) is 46.7 Å². The van der Waals surface area contributed by atoms with Crippen molar-refractivity contribution in [2.45, 2.75) is 27.2 Å². The van der Waals surface area contributed by atoms with E-state index in [0.29, 0.717) is 0 Å². The zero-order chi connectivity index (χ0) is 18.0. The Balaban J connectivity index is 1.97. The van der Waals surface area contributed by atoms with Crippen molar-refractivity contribution in [3.05, 3.63) is 47.2 Å². The van der Waals surface area contributed by atoms with Gasteiger partial charge in [0.05, 0.1) is 5.69 Å². The lowest BCUT2D eigenvalue weighted by molar-refractivity contribution is 0.405. The van der Waals surface area contributed by atoms with Crippen molar-refractivity contribution >= 4 is 11.5 Å². The molecule has 0 saturated carbocycles. The molecule has 25 heavy (non-hydrogen) atoms. The maximum absolute atomic E-state index is 4.86. The summed E-state index contributed by atoms with van der Waals surface area (Å²) >= 11 is 0. The number of rotatable bonds is 6. The highest BCUT2D eigenvalue weighted by atomic mass is 15.3. The third-order valence-electron chi connectivity index (χ3n) is 4.33. The molecule has 0 radical (unpaired) electrons. The van der Waals surface area contributed by atoms with Gasteiger partial charge in [-0.1, -0.05) is 23.8 Å². The van der Waals surface area contributed by atoms with Crippen LogP contribution in [0.3, 0.4) is 0 Å². The van der Waals surface area contributed by atoms with E-state index in [9.17, 15) is 0 Å². The lowest BCUT2D eigenvalue weighted by atomic mass is 10.1. The summed E-state index contributed by atoms with van der Waals surface area (Å²) in [5, 5.41) is 8.38. The SMILES string of the molecule is Cc1cccc(-c2nn3c(NCCCN(C)C)cc(C)nc3c2C)c1. The molecule has 5 heteroatoms. The van der Waals surface area contributed by atoms with Crippen LogP contribution in [0.2, 0.25) is 0 Å². The number of nitrogens with zero attached hydrogens (tertiary/aromatic N) is 4. The summed E-state index contributed by atoms with van der Waals surface area (Å²) in [4.78, 5) is 6.91. The molecule has 0 saturated heterocycles. The van der Waals surface area contributed by atoms with E-state index in [2.05, 4.69) is 68.5 Å². The molecule has 2 aromatic heterocycles. The fourth-order valence-electron chi connectivity index (χ4n) is 3.05. The van der Waals surface area contributed by atoms with Gasteiger partial charge in [-0.15, -0.1) is 0 Å². The number of hydrogen-bond donors (Lipinski definition) is 1. The van der Waals surface area contributed by atoms with Crippen molar-refractivity contribution in [1.29, 1.82) is 0 Å². The van der Waals surface area contributed by atoms with Crippen molar-refractivity contribution in [3.63, 3.8) is 0 Å². The molecule has 0 unspecified atom stereocenters. The monoisotopic (exact) mass is 337 g/mol. The number of aryl methyl sites for hydroxylation is 3. The van der Waals surface area contributed by atoms with Crippen LogP contribution >= 0.6 is 0 Å². The topological polar surface area (TPSA) is 45.5 Å². The normalized spacial score (nSPS) is 11.4. The Morgan fingerprint density at radius 1 is 1.12 bits per heavy atom. The Bertz CT molecular complexity index is 879. The minimum Gasteiger partial charge on any atom is -0.370 e. The Hall–Kier alpha value is -2.40. The fraction of sp³-hybridized carbons (Fsp3) is 0.400. The second-order valence-electron chi connectivity index (χ2n) is 6.94. The van der Waals surface area contributed by atoms with Crippen molar-refractivity contribution < 1.29 is 0 Å². The Labute approximate surface area is 149 Å². The van der Waals surface area contributed by atoms with E-state index in [1.165, 1.54) is 5.56 Å². The molecule has 2 heterocycles. The minimum atomic E-state index is 0.912. The molecule has 0 fully saturated rings. The van der Waals surface area contributed by atoms with Crippen molar-refractivity contribution in [2.24, 2.45) is 0 Å². The minimum absolute atomic E-state index is 0.912. The number of benzene rings is 1. The first-order valence-electron chi connectivity index (χ1n) is 8.78. The Morgan fingerprint density at radius 3 is 2.64 bits per heavy atom. The van der Waals surface area contributed by atoms with E-state index in [4.69, 9.17) is 10.1 Å². The predicted molar refractivity (Wildman–Crippen MR) is 104 cm³/mol. The zero-order valence-corrected chi connectivity index (χ0v) is 15.8. The van der Waals surface area contributed by atoms with Gasteiger partial charge in [-0.25, -0.2) is 4.98 Å². The second-order valence-corrected chi connectivity index (χ2v) is 6.94. The van der Waals surface area contributed by atoms with Crippen LogP contribution in [0.15, 0.2) is 30.3 Å². The van der Waals surface area contributed by atoms with E-state index in [0.717, 1.165) is 53.5 Å². The molecule has 0 spiro atoms. The average molecular weight is 337 g/mol. The molecule has 3 rings (SSSR count). The molecule has 1 aromatic carbocycles. The van der Waals surface area contributed by atoms with Crippen LogP contribution in [0, 0.1) is 20.8 Å². The smallest absolute Gasteiger partial charge is 0.161 e. The highest BCUT2D eigenvalue weighted by Gasteiger charge is 2.15. The average Bonchev–Trinajstić information content (AvgIpc) is 2.88. The number of hydrogen-bond acceptors (Lipinski definition) is 4. The van der Waals surface area contributed by atoms with E-state index in [1.807, 2.05) is 11.4 Å². The molecule has 0 aliphatic heterocycles. The lowest BCUT2D eigenvalue weighted by Gasteiger charge is -2.12. The highest BCUT2D eigenvalue weighted by molar-refractivity contribution is 5.72. The summed E-state index contributed by atoms with van der Waals surface area (Å²) in [6.07, 6.45) is 1.08. The second kappa shape index (κ2) is 7.23. The molecule has 0 bridgehead atoms. The van der Waals surface area contributed by atoms with Crippen LogP contribution in [0.5, 0.6) is 0 Å². The summed E-state index contributed by atoms with van der Waals surface area (Å²) < 4.78 is 1.94. The van der Waals surface area contributed by atoms with Gasteiger partial charge in [0.15, 0.2) is 5.65 Å². The third kappa shape index (κ3) is 3.82. The number of nitrogens with one attached hydrogen (secondary N) is 1. The van der Waals surface area contributed by atoms with Crippen LogP contribution < -0.4 is 5.32 Å². The quantitative estimate of drug-likeness (QED) is 0.697. The molecule has 132 valence electrons. The molecule has 0 aliphatic rings. The van der Waals surface area contributed by atoms with Crippen molar-refractivity contribution in [2.75, 3.05) is 32.5 Å². The molecule has 0 amide bonds. The lowest BCUT2D eigenvalue weighted by Crippen LogP contribution is -2.17. The van der Waals surface area contributed by atoms with Crippen LogP contribution in [0.25, 0.3) is 16.9 Å². The van der Waals surface area contributed by atoms with Crippen molar-refractivity contribution in [3.8, 4) is 11.3 Å². The van der Waals surface area contributed by atoms with E-state index >= 15 is 0 Å². The summed E-state index contributed by atoms with van der Waals surface area (Å²) in [6.45, 7) is 8.21. The van der Waals surface area contributed by atoms with Crippen molar-refractivity contribution in [1.82, 2.24) is 19.5 Å². The molecule has 1 N–H and O–H groups in total. The molecule has 0 aliphatic carbocycles. The van der Waals surface area contributed by atoms with E-state index < -0.39 is 0 Å². The van der Waals surface area contributed by atoms with Gasteiger partial charge in [0.2, 0.25) is 0 Å². The van der Waals surface area contributed by atoms with Gasteiger partial charge in [0.25, 0.3) is 0 Å². The van der Waals surface area contributed by atoms with Gasteiger partial charge in [-0.05, 0) is 53.9 Å². The van der Waals surface area contributed by atoms with Gasteiger partial charge in [-0.2, -0.15) is 9.61 Å². The van der Waals surface area contributed by atoms with Gasteiger partial charge in [0.1, 0.15) is 5.82 Å². The maximum atomic E-state index is 4.86. The number of anilines is 1. The molecular weight excluding hydrogens is 310 g/mol. The van der Waals surface area contributed by atoms with Gasteiger partial charge < -0.3 is 10.2 Å². The largest absolute Gasteiger partial charge is 0.370 e. The summed E-state index contributed by atoms with van der Waals surface area (Å²) in [5.41, 5.74) is 6.41. The summed E-state index contributed by atoms with van der Waals surface area (Å²) in [6, 6.07) is 10.5. The van der Waals surface area contributed by atoms with Gasteiger partial charge in [0, 0.05) is 29.4 Å². The van der Waals surface area contributed by atoms with Crippen LogP contribution in [0.4, 0.5) is 5.82 Å². The van der Waals surface area contributed by atoms with Crippen LogP contribution in [-0.2, 0) is 0 Å². The first-order chi connectivity index (χ1) is 12.0. The first-order valence-corrected chi connectivity index (χ1v) is 8.78.